The van der Waals surface area contributed by atoms with Crippen LogP contribution >= 0.6 is 0 Å². The van der Waals surface area contributed by atoms with E-state index in [0.717, 1.165) is 32.1 Å². The van der Waals surface area contributed by atoms with E-state index in [4.69, 9.17) is 0 Å². The standard InChI is InChI=1S/C38H73NO3/c1-3-5-7-9-11-13-15-16-17-18-19-20-21-22-23-24-26-28-30-32-34-38(42)39-36(35-40)37(41)33-31-29-27-25-14-12-10-8-6-4-2/h14,25,31,33,36-37,40-41H,3-13,15-24,26-30,32,34-35H2,1-2H3,(H,39,42)/b25-14+,33-31+. The summed E-state index contributed by atoms with van der Waals surface area (Å²) in [5.74, 6) is -0.0742. The van der Waals surface area contributed by atoms with Crippen molar-refractivity contribution in [1.82, 2.24) is 5.32 Å². The third-order valence-corrected chi connectivity index (χ3v) is 8.44. The number of hydrogen-bond donors (Lipinski definition) is 3. The minimum absolute atomic E-state index is 0.0742. The highest BCUT2D eigenvalue weighted by molar-refractivity contribution is 5.76. The second kappa shape index (κ2) is 34.4. The van der Waals surface area contributed by atoms with Gasteiger partial charge >= 0.3 is 0 Å². The molecule has 0 rings (SSSR count). The number of amides is 1. The van der Waals surface area contributed by atoms with Gasteiger partial charge in [-0.05, 0) is 32.1 Å². The number of aliphatic hydroxyl groups is 2. The Balaban J connectivity index is 3.55. The molecule has 0 aliphatic carbocycles. The van der Waals surface area contributed by atoms with Gasteiger partial charge in [-0.25, -0.2) is 0 Å². The van der Waals surface area contributed by atoms with Gasteiger partial charge in [-0.2, -0.15) is 0 Å². The molecule has 2 atom stereocenters. The molecule has 248 valence electrons. The second-order valence-electron chi connectivity index (χ2n) is 12.6. The van der Waals surface area contributed by atoms with Crippen LogP contribution < -0.4 is 5.32 Å². The molecule has 4 nitrogen and oxygen atoms in total. The van der Waals surface area contributed by atoms with Crippen LogP contribution in [0.5, 0.6) is 0 Å². The van der Waals surface area contributed by atoms with Gasteiger partial charge in [-0.15, -0.1) is 0 Å². The van der Waals surface area contributed by atoms with Gasteiger partial charge in [0.1, 0.15) is 0 Å². The SMILES string of the molecule is CCCCCC/C=C/CC/C=C/C(O)C(CO)NC(=O)CCCCCCCCCCCCCCCCCCCCCC. The van der Waals surface area contributed by atoms with E-state index in [1.165, 1.54) is 141 Å². The van der Waals surface area contributed by atoms with Crippen LogP contribution in [-0.2, 0) is 4.79 Å². The molecule has 0 saturated heterocycles. The van der Waals surface area contributed by atoms with E-state index in [1.807, 2.05) is 6.08 Å². The van der Waals surface area contributed by atoms with Gasteiger partial charge in [0.25, 0.3) is 0 Å². The number of aliphatic hydroxyl groups excluding tert-OH is 2. The molecule has 0 aromatic carbocycles. The smallest absolute Gasteiger partial charge is 0.220 e. The summed E-state index contributed by atoms with van der Waals surface area (Å²) in [5.41, 5.74) is 0. The lowest BCUT2D eigenvalue weighted by molar-refractivity contribution is -0.123. The molecule has 2 unspecified atom stereocenters. The van der Waals surface area contributed by atoms with Gasteiger partial charge in [-0.1, -0.05) is 179 Å². The highest BCUT2D eigenvalue weighted by atomic mass is 16.3. The van der Waals surface area contributed by atoms with Crippen molar-refractivity contribution >= 4 is 5.91 Å². The van der Waals surface area contributed by atoms with Crippen LogP contribution in [0.25, 0.3) is 0 Å². The van der Waals surface area contributed by atoms with Crippen molar-refractivity contribution in [2.24, 2.45) is 0 Å². The van der Waals surface area contributed by atoms with Gasteiger partial charge in [-0.3, -0.25) is 4.79 Å². The molecule has 0 radical (unpaired) electrons. The Morgan fingerprint density at radius 3 is 1.38 bits per heavy atom. The molecular weight excluding hydrogens is 518 g/mol. The summed E-state index contributed by atoms with van der Waals surface area (Å²) in [7, 11) is 0. The van der Waals surface area contributed by atoms with Gasteiger partial charge < -0.3 is 15.5 Å². The van der Waals surface area contributed by atoms with Crippen LogP contribution in [0.4, 0.5) is 0 Å². The first-order valence-electron chi connectivity index (χ1n) is 18.6. The molecule has 0 aromatic heterocycles. The molecule has 0 aliphatic rings. The fraction of sp³-hybridized carbons (Fsp3) is 0.868. The molecule has 3 N–H and O–H groups in total. The van der Waals surface area contributed by atoms with Gasteiger partial charge in [0.15, 0.2) is 0 Å². The van der Waals surface area contributed by atoms with E-state index in [2.05, 4.69) is 31.3 Å². The molecule has 0 spiro atoms. The van der Waals surface area contributed by atoms with Crippen molar-refractivity contribution in [1.29, 1.82) is 0 Å². The Bertz CT molecular complexity index is 603. The quantitative estimate of drug-likeness (QED) is 0.0525. The van der Waals surface area contributed by atoms with Crippen molar-refractivity contribution in [3.05, 3.63) is 24.3 Å². The van der Waals surface area contributed by atoms with Crippen molar-refractivity contribution in [3.63, 3.8) is 0 Å². The number of unbranched alkanes of at least 4 members (excludes halogenated alkanes) is 24. The first kappa shape index (κ1) is 40.9. The summed E-state index contributed by atoms with van der Waals surface area (Å²) < 4.78 is 0. The molecular formula is C38H73NO3. The minimum Gasteiger partial charge on any atom is -0.394 e. The van der Waals surface area contributed by atoms with Gasteiger partial charge in [0, 0.05) is 6.42 Å². The maximum Gasteiger partial charge on any atom is 0.220 e. The zero-order chi connectivity index (χ0) is 30.8. The van der Waals surface area contributed by atoms with E-state index in [0.29, 0.717) is 6.42 Å². The molecule has 0 aliphatic heterocycles. The summed E-state index contributed by atoms with van der Waals surface area (Å²) in [5, 5.41) is 22.8. The summed E-state index contributed by atoms with van der Waals surface area (Å²) >= 11 is 0. The zero-order valence-electron chi connectivity index (χ0n) is 28.3. The van der Waals surface area contributed by atoms with Crippen LogP contribution in [0.3, 0.4) is 0 Å². The highest BCUT2D eigenvalue weighted by Crippen LogP contribution is 2.15. The Labute approximate surface area is 262 Å². The van der Waals surface area contributed by atoms with Crippen LogP contribution in [0, 0.1) is 0 Å². The van der Waals surface area contributed by atoms with Crippen LogP contribution in [0.15, 0.2) is 24.3 Å². The molecule has 0 heterocycles. The maximum absolute atomic E-state index is 12.3. The summed E-state index contributed by atoms with van der Waals surface area (Å²) in [6.45, 7) is 4.26. The van der Waals surface area contributed by atoms with Crippen molar-refractivity contribution in [2.45, 2.75) is 206 Å². The molecule has 0 bridgehead atoms. The highest BCUT2D eigenvalue weighted by Gasteiger charge is 2.17. The lowest BCUT2D eigenvalue weighted by Gasteiger charge is -2.19. The lowest BCUT2D eigenvalue weighted by atomic mass is 10.0. The summed E-state index contributed by atoms with van der Waals surface area (Å²) in [4.78, 5) is 12.3. The number of hydrogen-bond acceptors (Lipinski definition) is 3. The number of carbonyl (C=O) groups is 1. The molecule has 0 aromatic rings. The van der Waals surface area contributed by atoms with E-state index in [9.17, 15) is 15.0 Å². The first-order chi connectivity index (χ1) is 20.7. The fourth-order valence-corrected chi connectivity index (χ4v) is 5.55. The molecule has 1 amide bonds. The first-order valence-corrected chi connectivity index (χ1v) is 18.6. The van der Waals surface area contributed by atoms with Crippen LogP contribution in [-0.4, -0.2) is 34.9 Å². The Kier molecular flexibility index (Phi) is 33.4. The Morgan fingerprint density at radius 1 is 0.548 bits per heavy atom. The molecule has 4 heteroatoms. The summed E-state index contributed by atoms with van der Waals surface area (Å²) in [6.07, 6.45) is 42.7. The van der Waals surface area contributed by atoms with E-state index in [1.54, 1.807) is 6.08 Å². The average molecular weight is 592 g/mol. The number of carbonyl (C=O) groups excluding carboxylic acids is 1. The number of nitrogens with one attached hydrogen (secondary N) is 1. The fourth-order valence-electron chi connectivity index (χ4n) is 5.55. The summed E-state index contributed by atoms with van der Waals surface area (Å²) in [6, 6.07) is -0.632. The monoisotopic (exact) mass is 592 g/mol. The predicted molar refractivity (Wildman–Crippen MR) is 184 cm³/mol. The Hall–Kier alpha value is -1.13. The molecule has 42 heavy (non-hydrogen) atoms. The number of allylic oxidation sites excluding steroid dienone is 3. The van der Waals surface area contributed by atoms with Crippen molar-refractivity contribution in [3.8, 4) is 0 Å². The minimum atomic E-state index is -0.855. The lowest BCUT2D eigenvalue weighted by Crippen LogP contribution is -2.45. The second-order valence-corrected chi connectivity index (χ2v) is 12.6. The topological polar surface area (TPSA) is 69.6 Å². The zero-order valence-corrected chi connectivity index (χ0v) is 28.3. The van der Waals surface area contributed by atoms with Gasteiger partial charge in [0.05, 0.1) is 18.8 Å². The Morgan fingerprint density at radius 2 is 0.929 bits per heavy atom. The van der Waals surface area contributed by atoms with E-state index in [-0.39, 0.29) is 12.5 Å². The van der Waals surface area contributed by atoms with Crippen LogP contribution in [0.1, 0.15) is 194 Å². The third kappa shape index (κ3) is 30.3. The van der Waals surface area contributed by atoms with E-state index >= 15 is 0 Å². The average Bonchev–Trinajstić information content (AvgIpc) is 2.99. The van der Waals surface area contributed by atoms with Gasteiger partial charge in [0.2, 0.25) is 5.91 Å². The van der Waals surface area contributed by atoms with Crippen molar-refractivity contribution < 1.29 is 15.0 Å². The maximum atomic E-state index is 12.3. The van der Waals surface area contributed by atoms with Crippen LogP contribution in [0.2, 0.25) is 0 Å². The normalized spacial score (nSPS) is 13.3. The third-order valence-electron chi connectivity index (χ3n) is 8.44. The largest absolute Gasteiger partial charge is 0.394 e. The van der Waals surface area contributed by atoms with E-state index < -0.39 is 12.1 Å². The van der Waals surface area contributed by atoms with Crippen molar-refractivity contribution in [2.75, 3.05) is 6.61 Å². The molecule has 0 saturated carbocycles. The number of rotatable bonds is 33. The molecule has 0 fully saturated rings. The predicted octanol–water partition coefficient (Wildman–Crippen LogP) is 10.9.